The number of hydrogen-bond acceptors (Lipinski definition) is 4. The van der Waals surface area contributed by atoms with Crippen LogP contribution in [0.3, 0.4) is 0 Å². The quantitative estimate of drug-likeness (QED) is 0.645. The zero-order valence-corrected chi connectivity index (χ0v) is 13.2. The maximum absolute atomic E-state index is 11.8. The van der Waals surface area contributed by atoms with Crippen molar-refractivity contribution in [2.75, 3.05) is 0 Å². The molecule has 0 radical (unpaired) electrons. The Hall–Kier alpha value is -0.910. The van der Waals surface area contributed by atoms with Gasteiger partial charge < -0.3 is 4.57 Å². The van der Waals surface area contributed by atoms with Crippen molar-refractivity contribution in [1.29, 1.82) is 0 Å². The number of hydrogen-bond donors (Lipinski definition) is 0. The van der Waals surface area contributed by atoms with E-state index in [4.69, 9.17) is 23.2 Å². The third-order valence-corrected chi connectivity index (χ3v) is 4.57. The summed E-state index contributed by atoms with van der Waals surface area (Å²) in [6, 6.07) is 0. The molecule has 7 heteroatoms. The molecule has 0 saturated heterocycles. The molecule has 102 valence electrons. The Morgan fingerprint density at radius 2 is 1.89 bits per heavy atom. The Bertz CT molecular complexity index is 655. The molecule has 0 aliphatic rings. The molecule has 2 rings (SSSR count). The van der Waals surface area contributed by atoms with Gasteiger partial charge in [-0.1, -0.05) is 22.9 Å². The van der Waals surface area contributed by atoms with E-state index in [9.17, 15) is 4.79 Å². The smallest absolute Gasteiger partial charge is 0.303 e. The fourth-order valence-electron chi connectivity index (χ4n) is 1.88. The van der Waals surface area contributed by atoms with Crippen molar-refractivity contribution < 1.29 is 0 Å². The Balaban J connectivity index is 2.26. The molecule has 0 unspecified atom stereocenters. The van der Waals surface area contributed by atoms with E-state index < -0.39 is 0 Å². The second-order valence-electron chi connectivity index (χ2n) is 4.26. The molecule has 4 nitrogen and oxygen atoms in total. The highest BCUT2D eigenvalue weighted by Crippen LogP contribution is 2.20. The van der Waals surface area contributed by atoms with E-state index in [1.165, 1.54) is 11.3 Å². The van der Waals surface area contributed by atoms with Crippen LogP contribution in [0.5, 0.6) is 0 Å². The summed E-state index contributed by atoms with van der Waals surface area (Å²) < 4.78 is 1.75. The number of aromatic nitrogens is 3. The normalized spacial score (nSPS) is 11.0. The van der Waals surface area contributed by atoms with Crippen molar-refractivity contribution >= 4 is 34.5 Å². The first-order valence-electron chi connectivity index (χ1n) is 5.75. The second-order valence-corrected chi connectivity index (χ2v) is 6.12. The number of rotatable bonds is 3. The highest BCUT2D eigenvalue weighted by atomic mass is 35.5. The number of aryl methyl sites for hydroxylation is 2. The van der Waals surface area contributed by atoms with E-state index in [0.717, 1.165) is 21.8 Å². The zero-order chi connectivity index (χ0) is 14.2. The van der Waals surface area contributed by atoms with Gasteiger partial charge in [-0.25, -0.2) is 9.97 Å². The summed E-state index contributed by atoms with van der Waals surface area (Å²) in [7, 11) is 0. The Morgan fingerprint density at radius 1 is 1.21 bits per heavy atom. The summed E-state index contributed by atoms with van der Waals surface area (Å²) in [5.74, 6) is 0. The van der Waals surface area contributed by atoms with Crippen LogP contribution in [0.4, 0.5) is 0 Å². The molecule has 0 amide bonds. The predicted octanol–water partition coefficient (Wildman–Crippen LogP) is 3.17. The van der Waals surface area contributed by atoms with Crippen LogP contribution >= 0.6 is 34.5 Å². The first-order chi connectivity index (χ1) is 8.90. The highest BCUT2D eigenvalue weighted by molar-refractivity contribution is 7.09. The summed E-state index contributed by atoms with van der Waals surface area (Å²) in [4.78, 5) is 20.9. The van der Waals surface area contributed by atoms with Crippen molar-refractivity contribution in [3.8, 4) is 0 Å². The molecule has 0 aliphatic carbocycles. The van der Waals surface area contributed by atoms with Crippen molar-refractivity contribution in [2.24, 2.45) is 0 Å². The van der Waals surface area contributed by atoms with Crippen molar-refractivity contribution in [2.45, 2.75) is 33.7 Å². The van der Waals surface area contributed by atoms with E-state index >= 15 is 0 Å². The standard InChI is InChI=1S/C12H13Cl2N3OS/c1-6-9(10(13)16-11(14)15-6)4-5-17-7(2)8(3)19-12(17)18/h4-5H2,1-3H3. The van der Waals surface area contributed by atoms with Crippen LogP contribution in [0.25, 0.3) is 0 Å². The summed E-state index contributed by atoms with van der Waals surface area (Å²) in [6.45, 7) is 6.30. The predicted molar refractivity (Wildman–Crippen MR) is 78.5 cm³/mol. The van der Waals surface area contributed by atoms with Crippen LogP contribution in [0.15, 0.2) is 4.79 Å². The Kier molecular flexibility index (Phi) is 4.28. The average Bonchev–Trinajstić information content (AvgIpc) is 2.53. The first kappa shape index (κ1) is 14.5. The molecule has 0 N–H and O–H groups in total. The van der Waals surface area contributed by atoms with Gasteiger partial charge in [0.25, 0.3) is 0 Å². The van der Waals surface area contributed by atoms with Gasteiger partial charge in [0.15, 0.2) is 0 Å². The first-order valence-corrected chi connectivity index (χ1v) is 7.32. The van der Waals surface area contributed by atoms with Gasteiger partial charge in [0.1, 0.15) is 5.15 Å². The van der Waals surface area contributed by atoms with Gasteiger partial charge in [0, 0.05) is 28.4 Å². The van der Waals surface area contributed by atoms with Gasteiger partial charge >= 0.3 is 4.87 Å². The van der Waals surface area contributed by atoms with Gasteiger partial charge in [0.05, 0.1) is 0 Å². The van der Waals surface area contributed by atoms with Crippen LogP contribution in [0.2, 0.25) is 10.4 Å². The summed E-state index contributed by atoms with van der Waals surface area (Å²) >= 11 is 13.1. The molecule has 2 aromatic heterocycles. The molecular weight excluding hydrogens is 305 g/mol. The van der Waals surface area contributed by atoms with E-state index in [-0.39, 0.29) is 10.2 Å². The minimum atomic E-state index is 0.0543. The molecule has 2 aromatic rings. The molecular formula is C12H13Cl2N3OS. The van der Waals surface area contributed by atoms with Crippen molar-refractivity contribution in [3.05, 3.63) is 41.9 Å². The minimum Gasteiger partial charge on any atom is -0.303 e. The van der Waals surface area contributed by atoms with Gasteiger partial charge in [-0.05, 0) is 38.8 Å². The Labute approximate surface area is 125 Å². The maximum Gasteiger partial charge on any atom is 0.307 e. The topological polar surface area (TPSA) is 47.8 Å². The van der Waals surface area contributed by atoms with Gasteiger partial charge in [-0.2, -0.15) is 0 Å². The van der Waals surface area contributed by atoms with Crippen LogP contribution in [0, 0.1) is 20.8 Å². The largest absolute Gasteiger partial charge is 0.307 e. The number of thiazole rings is 1. The molecule has 0 aliphatic heterocycles. The summed E-state index contributed by atoms with van der Waals surface area (Å²) in [5, 5.41) is 0.501. The second kappa shape index (κ2) is 5.61. The van der Waals surface area contributed by atoms with Gasteiger partial charge in [-0.3, -0.25) is 4.79 Å². The number of halogens is 2. The van der Waals surface area contributed by atoms with Gasteiger partial charge in [-0.15, -0.1) is 0 Å². The van der Waals surface area contributed by atoms with Crippen LogP contribution in [-0.2, 0) is 13.0 Å². The van der Waals surface area contributed by atoms with E-state index in [0.29, 0.717) is 18.1 Å². The van der Waals surface area contributed by atoms with Crippen LogP contribution in [0.1, 0.15) is 21.8 Å². The minimum absolute atomic E-state index is 0.0543. The van der Waals surface area contributed by atoms with Gasteiger partial charge in [0.2, 0.25) is 5.28 Å². The van der Waals surface area contributed by atoms with Crippen molar-refractivity contribution in [3.63, 3.8) is 0 Å². The monoisotopic (exact) mass is 317 g/mol. The Morgan fingerprint density at radius 3 is 2.42 bits per heavy atom. The number of nitrogens with zero attached hydrogens (tertiary/aromatic N) is 3. The fourth-order valence-corrected chi connectivity index (χ4v) is 3.31. The molecule has 19 heavy (non-hydrogen) atoms. The third-order valence-electron chi connectivity index (χ3n) is 3.10. The fraction of sp³-hybridized carbons (Fsp3) is 0.417. The molecule has 0 spiro atoms. The lowest BCUT2D eigenvalue weighted by atomic mass is 10.2. The summed E-state index contributed by atoms with van der Waals surface area (Å²) in [6.07, 6.45) is 0.610. The lowest BCUT2D eigenvalue weighted by Gasteiger charge is -2.09. The molecule has 0 atom stereocenters. The zero-order valence-electron chi connectivity index (χ0n) is 10.8. The molecule has 0 saturated carbocycles. The summed E-state index contributed by atoms with van der Waals surface area (Å²) in [5.41, 5.74) is 2.59. The van der Waals surface area contributed by atoms with Crippen LogP contribution in [-0.4, -0.2) is 14.5 Å². The third kappa shape index (κ3) is 2.99. The average molecular weight is 318 g/mol. The molecule has 0 bridgehead atoms. The molecule has 2 heterocycles. The van der Waals surface area contributed by atoms with E-state index in [2.05, 4.69) is 9.97 Å². The molecule has 0 aromatic carbocycles. The lowest BCUT2D eigenvalue weighted by molar-refractivity contribution is 0.659. The lowest BCUT2D eigenvalue weighted by Crippen LogP contribution is -2.16. The highest BCUT2D eigenvalue weighted by Gasteiger charge is 2.12. The van der Waals surface area contributed by atoms with E-state index in [1.807, 2.05) is 20.8 Å². The van der Waals surface area contributed by atoms with Crippen molar-refractivity contribution in [1.82, 2.24) is 14.5 Å². The maximum atomic E-state index is 11.8. The SMILES string of the molecule is Cc1nc(Cl)nc(Cl)c1CCn1c(C)c(C)sc1=O. The molecule has 0 fully saturated rings. The van der Waals surface area contributed by atoms with Crippen LogP contribution < -0.4 is 4.87 Å². The van der Waals surface area contributed by atoms with E-state index in [1.54, 1.807) is 4.57 Å².